The summed E-state index contributed by atoms with van der Waals surface area (Å²) in [6.07, 6.45) is 0. The summed E-state index contributed by atoms with van der Waals surface area (Å²) in [6.45, 7) is 0. The van der Waals surface area contributed by atoms with Gasteiger partial charge in [-0.2, -0.15) is 0 Å². The second-order valence-electron chi connectivity index (χ2n) is 13.6. The Kier molecular flexibility index (Phi) is 6.17. The molecular formula is C49H31NO2. The highest BCUT2D eigenvalue weighted by Crippen LogP contribution is 2.63. The Bertz CT molecular complexity index is 2810. The van der Waals surface area contributed by atoms with Crippen LogP contribution >= 0.6 is 0 Å². The minimum atomic E-state index is -0.718. The van der Waals surface area contributed by atoms with Crippen LogP contribution in [0.1, 0.15) is 22.3 Å². The molecule has 0 radical (unpaired) electrons. The first-order valence-corrected chi connectivity index (χ1v) is 17.8. The zero-order valence-electron chi connectivity index (χ0n) is 28.2. The largest absolute Gasteiger partial charge is 0.457 e. The Balaban J connectivity index is 1.21. The smallest absolute Gasteiger partial charge is 0.132 e. The Labute approximate surface area is 301 Å². The topological polar surface area (TPSA) is 23.4 Å². The van der Waals surface area contributed by atoms with Crippen LogP contribution < -0.4 is 9.47 Å². The molecular weight excluding hydrogens is 635 g/mol. The van der Waals surface area contributed by atoms with Gasteiger partial charge >= 0.3 is 0 Å². The van der Waals surface area contributed by atoms with Crippen molar-refractivity contribution in [2.24, 2.45) is 0 Å². The molecule has 1 aromatic heterocycles. The number of benzene rings is 8. The van der Waals surface area contributed by atoms with Gasteiger partial charge in [0.15, 0.2) is 0 Å². The van der Waals surface area contributed by atoms with Gasteiger partial charge in [0.05, 0.1) is 16.4 Å². The molecule has 2 aliphatic heterocycles. The van der Waals surface area contributed by atoms with E-state index in [1.54, 1.807) is 0 Å². The van der Waals surface area contributed by atoms with Crippen LogP contribution in [0.25, 0.3) is 49.7 Å². The summed E-state index contributed by atoms with van der Waals surface area (Å²) in [7, 11) is 0. The predicted molar refractivity (Wildman–Crippen MR) is 210 cm³/mol. The van der Waals surface area contributed by atoms with E-state index in [1.165, 1.54) is 21.8 Å². The monoisotopic (exact) mass is 665 g/mol. The fraction of sp³-hybridized carbons (Fsp3) is 0.0204. The number of nitrogens with zero attached hydrogens (tertiary/aromatic N) is 1. The van der Waals surface area contributed by atoms with Crippen molar-refractivity contribution in [2.45, 2.75) is 5.41 Å². The maximum atomic E-state index is 6.92. The van der Waals surface area contributed by atoms with E-state index in [9.17, 15) is 0 Å². The summed E-state index contributed by atoms with van der Waals surface area (Å²) < 4.78 is 16.0. The third-order valence-electron chi connectivity index (χ3n) is 10.9. The summed E-state index contributed by atoms with van der Waals surface area (Å²) in [5.41, 5.74) is 11.8. The number of rotatable bonds is 3. The summed E-state index contributed by atoms with van der Waals surface area (Å²) in [5.74, 6) is 3.39. The summed E-state index contributed by atoms with van der Waals surface area (Å²) >= 11 is 0. The number of hydrogen-bond donors (Lipinski definition) is 0. The molecule has 0 fully saturated rings. The molecule has 1 spiro atoms. The van der Waals surface area contributed by atoms with Crippen molar-refractivity contribution in [1.29, 1.82) is 0 Å². The minimum Gasteiger partial charge on any atom is -0.457 e. The molecule has 0 saturated carbocycles. The number of hydrogen-bond acceptors (Lipinski definition) is 2. The van der Waals surface area contributed by atoms with Crippen LogP contribution in [0.2, 0.25) is 0 Å². The molecule has 3 heteroatoms. The summed E-state index contributed by atoms with van der Waals surface area (Å²) in [5, 5.41) is 2.45. The quantitative estimate of drug-likeness (QED) is 0.187. The Morgan fingerprint density at radius 1 is 0.365 bits per heavy atom. The predicted octanol–water partition coefficient (Wildman–Crippen LogP) is 12.7. The minimum absolute atomic E-state index is 0.718. The number of para-hydroxylation sites is 4. The first-order valence-electron chi connectivity index (χ1n) is 17.8. The molecule has 0 unspecified atom stereocenters. The Hall–Kier alpha value is -6.84. The highest BCUT2D eigenvalue weighted by molar-refractivity contribution is 6.10. The Morgan fingerprint density at radius 2 is 0.942 bits per heavy atom. The fourth-order valence-corrected chi connectivity index (χ4v) is 8.77. The van der Waals surface area contributed by atoms with E-state index in [0.29, 0.717) is 0 Å². The van der Waals surface area contributed by atoms with Gasteiger partial charge in [0.1, 0.15) is 23.0 Å². The molecule has 0 amide bonds. The molecule has 9 aromatic rings. The van der Waals surface area contributed by atoms with Crippen LogP contribution in [0.3, 0.4) is 0 Å². The molecule has 3 nitrogen and oxygen atoms in total. The summed E-state index contributed by atoms with van der Waals surface area (Å²) in [6, 6.07) is 67.0. The molecule has 0 N–H and O–H groups in total. The lowest BCUT2D eigenvalue weighted by molar-refractivity contribution is 0.400. The van der Waals surface area contributed by atoms with E-state index in [0.717, 1.165) is 73.2 Å². The van der Waals surface area contributed by atoms with Crippen LogP contribution in [-0.2, 0) is 5.41 Å². The molecule has 0 aliphatic carbocycles. The van der Waals surface area contributed by atoms with E-state index >= 15 is 0 Å². The van der Waals surface area contributed by atoms with Crippen molar-refractivity contribution in [3.8, 4) is 50.9 Å². The third kappa shape index (κ3) is 4.02. The van der Waals surface area contributed by atoms with E-state index in [1.807, 2.05) is 0 Å². The summed E-state index contributed by atoms with van der Waals surface area (Å²) in [4.78, 5) is 0. The lowest BCUT2D eigenvalue weighted by Gasteiger charge is -2.45. The van der Waals surface area contributed by atoms with Gasteiger partial charge in [0, 0.05) is 38.7 Å². The molecule has 0 atom stereocenters. The fourth-order valence-electron chi connectivity index (χ4n) is 8.77. The van der Waals surface area contributed by atoms with Crippen molar-refractivity contribution in [3.63, 3.8) is 0 Å². The van der Waals surface area contributed by atoms with Crippen molar-refractivity contribution in [3.05, 3.63) is 210 Å². The molecule has 0 saturated heterocycles. The number of aromatic nitrogens is 1. The van der Waals surface area contributed by atoms with Gasteiger partial charge in [-0.1, -0.05) is 127 Å². The molecule has 8 aromatic carbocycles. The van der Waals surface area contributed by atoms with Gasteiger partial charge in [0.25, 0.3) is 0 Å². The zero-order chi connectivity index (χ0) is 34.2. The SMILES string of the molecule is c1ccc(-c2cccc3c2C2(c4ccccc4Oc4ccccc42)c2cc(-c4ccc5c(c4)c4ccccc4n5-c4ccccc4)ccc2O3)cc1. The molecule has 52 heavy (non-hydrogen) atoms. The van der Waals surface area contributed by atoms with Crippen LogP contribution in [0.15, 0.2) is 188 Å². The molecule has 3 heterocycles. The van der Waals surface area contributed by atoms with Gasteiger partial charge < -0.3 is 14.0 Å². The second kappa shape index (κ2) is 11.1. The van der Waals surface area contributed by atoms with Crippen molar-refractivity contribution in [1.82, 2.24) is 4.57 Å². The van der Waals surface area contributed by atoms with Crippen molar-refractivity contribution < 1.29 is 9.47 Å². The lowest BCUT2D eigenvalue weighted by atomic mass is 9.60. The highest BCUT2D eigenvalue weighted by atomic mass is 16.5. The average molecular weight is 666 g/mol. The zero-order valence-corrected chi connectivity index (χ0v) is 28.2. The highest BCUT2D eigenvalue weighted by Gasteiger charge is 2.51. The van der Waals surface area contributed by atoms with Gasteiger partial charge in [0.2, 0.25) is 0 Å². The van der Waals surface area contributed by atoms with E-state index in [2.05, 4.69) is 193 Å². The van der Waals surface area contributed by atoms with Gasteiger partial charge in [-0.3, -0.25) is 0 Å². The number of fused-ring (bicyclic) bond motifs is 11. The molecule has 11 rings (SSSR count). The lowest BCUT2D eigenvalue weighted by Crippen LogP contribution is -2.37. The van der Waals surface area contributed by atoms with Crippen molar-refractivity contribution in [2.75, 3.05) is 0 Å². The van der Waals surface area contributed by atoms with Crippen molar-refractivity contribution >= 4 is 21.8 Å². The normalized spacial score (nSPS) is 13.5. The van der Waals surface area contributed by atoms with Gasteiger partial charge in [-0.15, -0.1) is 0 Å². The molecule has 0 bridgehead atoms. The third-order valence-corrected chi connectivity index (χ3v) is 10.9. The van der Waals surface area contributed by atoms with Crippen LogP contribution in [0, 0.1) is 0 Å². The molecule has 244 valence electrons. The van der Waals surface area contributed by atoms with Crippen LogP contribution in [-0.4, -0.2) is 4.57 Å². The first kappa shape index (κ1) is 28.9. The average Bonchev–Trinajstić information content (AvgIpc) is 3.55. The standard InChI is InChI=1S/C49H31NO2/c1-3-14-32(15-4-1)36-19-13-25-47-48(36)49(39-20-8-11-23-44(39)51-45-24-12-9-21-40(45)49)41-31-34(27-29-46(41)52-47)33-26-28-43-38(30-33)37-18-7-10-22-42(37)50(43)35-16-5-2-6-17-35/h1-31H. The van der Waals surface area contributed by atoms with Gasteiger partial charge in [-0.25, -0.2) is 0 Å². The maximum absolute atomic E-state index is 6.92. The number of ether oxygens (including phenoxy) is 2. The molecule has 2 aliphatic rings. The van der Waals surface area contributed by atoms with Crippen LogP contribution in [0.5, 0.6) is 23.0 Å². The second-order valence-corrected chi connectivity index (χ2v) is 13.6. The maximum Gasteiger partial charge on any atom is 0.132 e. The van der Waals surface area contributed by atoms with E-state index in [4.69, 9.17) is 9.47 Å². The van der Waals surface area contributed by atoms with E-state index in [-0.39, 0.29) is 0 Å². The van der Waals surface area contributed by atoms with Gasteiger partial charge in [-0.05, 0) is 82.9 Å². The van der Waals surface area contributed by atoms with E-state index < -0.39 is 5.41 Å². The first-order chi connectivity index (χ1) is 25.8. The van der Waals surface area contributed by atoms with Crippen LogP contribution in [0.4, 0.5) is 0 Å². The Morgan fingerprint density at radius 3 is 1.73 bits per heavy atom.